The summed E-state index contributed by atoms with van der Waals surface area (Å²) in [5, 5.41) is 13.0. The van der Waals surface area contributed by atoms with Gasteiger partial charge in [0.2, 0.25) is 0 Å². The van der Waals surface area contributed by atoms with Gasteiger partial charge in [-0.25, -0.2) is 0 Å². The third-order valence-electron chi connectivity index (χ3n) is 3.76. The number of hydrogen-bond donors (Lipinski definition) is 1. The average molecular weight is 274 g/mol. The number of ether oxygens (including phenoxy) is 2. The zero-order chi connectivity index (χ0) is 14.4. The molecule has 1 heterocycles. The normalized spacial score (nSPS) is 25.8. The molecule has 2 rings (SSSR count). The Kier molecular flexibility index (Phi) is 4.86. The number of anilines is 1. The molecule has 0 aliphatic carbocycles. The molecule has 2 atom stereocenters. The van der Waals surface area contributed by atoms with E-state index in [1.54, 1.807) is 7.11 Å². The molecule has 1 fully saturated rings. The lowest BCUT2D eigenvalue weighted by Crippen LogP contribution is -2.46. The number of benzene rings is 1. The smallest absolute Gasteiger partial charge is 0.141 e. The number of nitriles is 1. The Morgan fingerprint density at radius 3 is 3.00 bits per heavy atom. The Balaban J connectivity index is 2.17. The van der Waals surface area contributed by atoms with Gasteiger partial charge in [0.1, 0.15) is 11.3 Å². The summed E-state index contributed by atoms with van der Waals surface area (Å²) in [5.74, 6) is 0.764. The third kappa shape index (κ3) is 3.23. The largest absolute Gasteiger partial charge is 0.495 e. The van der Waals surface area contributed by atoms with Crippen LogP contribution >= 0.6 is 0 Å². The van der Waals surface area contributed by atoms with Crippen molar-refractivity contribution in [2.75, 3.05) is 19.0 Å². The molecular formula is C16H22N2O2. The first-order valence-corrected chi connectivity index (χ1v) is 7.17. The second kappa shape index (κ2) is 6.62. The van der Waals surface area contributed by atoms with Gasteiger partial charge >= 0.3 is 0 Å². The molecule has 0 amide bonds. The summed E-state index contributed by atoms with van der Waals surface area (Å²) in [5.41, 5.74) is 0.306. The van der Waals surface area contributed by atoms with Crippen LogP contribution in [0.2, 0.25) is 0 Å². The molecule has 108 valence electrons. The van der Waals surface area contributed by atoms with Crippen molar-refractivity contribution in [3.05, 3.63) is 24.3 Å². The topological polar surface area (TPSA) is 54.3 Å². The number of rotatable bonds is 5. The predicted molar refractivity (Wildman–Crippen MR) is 78.8 cm³/mol. The summed E-state index contributed by atoms with van der Waals surface area (Å²) in [6.45, 7) is 2.76. The van der Waals surface area contributed by atoms with Crippen molar-refractivity contribution in [2.24, 2.45) is 0 Å². The first kappa shape index (κ1) is 14.7. The Morgan fingerprint density at radius 1 is 1.50 bits per heavy atom. The van der Waals surface area contributed by atoms with Crippen LogP contribution in [0.3, 0.4) is 0 Å². The van der Waals surface area contributed by atoms with Crippen molar-refractivity contribution in [1.29, 1.82) is 5.26 Å². The van der Waals surface area contributed by atoms with E-state index in [-0.39, 0.29) is 6.10 Å². The Bertz CT molecular complexity index is 482. The molecule has 0 spiro atoms. The van der Waals surface area contributed by atoms with Crippen LogP contribution in [-0.4, -0.2) is 25.4 Å². The molecular weight excluding hydrogens is 252 g/mol. The highest BCUT2D eigenvalue weighted by molar-refractivity contribution is 5.59. The highest BCUT2D eigenvalue weighted by atomic mass is 16.5. The summed E-state index contributed by atoms with van der Waals surface area (Å²) in [4.78, 5) is 0. The summed E-state index contributed by atoms with van der Waals surface area (Å²) in [7, 11) is 1.64. The molecule has 1 aliphatic rings. The van der Waals surface area contributed by atoms with Gasteiger partial charge in [-0.2, -0.15) is 5.26 Å². The van der Waals surface area contributed by atoms with Gasteiger partial charge in [0, 0.05) is 12.8 Å². The minimum atomic E-state index is -0.563. The molecule has 1 saturated heterocycles. The van der Waals surface area contributed by atoms with E-state index < -0.39 is 5.54 Å². The molecule has 0 radical (unpaired) electrons. The fourth-order valence-corrected chi connectivity index (χ4v) is 2.71. The van der Waals surface area contributed by atoms with E-state index in [0.29, 0.717) is 13.0 Å². The molecule has 2 unspecified atom stereocenters. The van der Waals surface area contributed by atoms with Crippen LogP contribution in [0, 0.1) is 11.3 Å². The Hall–Kier alpha value is -1.73. The highest BCUT2D eigenvalue weighted by Gasteiger charge is 2.37. The van der Waals surface area contributed by atoms with Crippen molar-refractivity contribution in [3.63, 3.8) is 0 Å². The van der Waals surface area contributed by atoms with E-state index in [1.807, 2.05) is 24.3 Å². The zero-order valence-corrected chi connectivity index (χ0v) is 12.2. The van der Waals surface area contributed by atoms with Gasteiger partial charge in [-0.15, -0.1) is 0 Å². The van der Waals surface area contributed by atoms with Crippen LogP contribution in [0.5, 0.6) is 5.75 Å². The fourth-order valence-electron chi connectivity index (χ4n) is 2.71. The maximum atomic E-state index is 9.64. The van der Waals surface area contributed by atoms with Gasteiger partial charge in [0.05, 0.1) is 31.6 Å². The standard InChI is InChI=1S/C16H22N2O2/c1-3-6-13-11-16(12-17,9-10-20-13)18-14-7-4-5-8-15(14)19-2/h4-5,7-8,13,18H,3,6,9-11H2,1-2H3. The monoisotopic (exact) mass is 274 g/mol. The van der Waals surface area contributed by atoms with Gasteiger partial charge in [-0.1, -0.05) is 25.5 Å². The minimum Gasteiger partial charge on any atom is -0.495 e. The van der Waals surface area contributed by atoms with Crippen molar-refractivity contribution in [3.8, 4) is 11.8 Å². The summed E-state index contributed by atoms with van der Waals surface area (Å²) >= 11 is 0. The second-order valence-electron chi connectivity index (χ2n) is 5.25. The van der Waals surface area contributed by atoms with Crippen molar-refractivity contribution >= 4 is 5.69 Å². The quantitative estimate of drug-likeness (QED) is 0.894. The summed E-state index contributed by atoms with van der Waals surface area (Å²) in [6.07, 6.45) is 3.64. The second-order valence-corrected chi connectivity index (χ2v) is 5.25. The fraction of sp³-hybridized carbons (Fsp3) is 0.562. The first-order valence-electron chi connectivity index (χ1n) is 7.17. The van der Waals surface area contributed by atoms with E-state index in [4.69, 9.17) is 9.47 Å². The lowest BCUT2D eigenvalue weighted by molar-refractivity contribution is -0.00617. The lowest BCUT2D eigenvalue weighted by Gasteiger charge is -2.37. The van der Waals surface area contributed by atoms with Crippen LogP contribution in [0.4, 0.5) is 5.69 Å². The van der Waals surface area contributed by atoms with Crippen molar-refractivity contribution in [2.45, 2.75) is 44.2 Å². The molecule has 4 nitrogen and oxygen atoms in total. The Morgan fingerprint density at radius 2 is 2.30 bits per heavy atom. The number of methoxy groups -OCH3 is 1. The van der Waals surface area contributed by atoms with Crippen LogP contribution in [-0.2, 0) is 4.74 Å². The molecule has 1 aromatic rings. The van der Waals surface area contributed by atoms with Crippen molar-refractivity contribution < 1.29 is 9.47 Å². The molecule has 0 bridgehead atoms. The average Bonchev–Trinajstić information content (AvgIpc) is 2.48. The van der Waals surface area contributed by atoms with Crippen LogP contribution in [0.25, 0.3) is 0 Å². The van der Waals surface area contributed by atoms with Gasteiger partial charge in [0.25, 0.3) is 0 Å². The van der Waals surface area contributed by atoms with Gasteiger partial charge in [0.15, 0.2) is 0 Å². The predicted octanol–water partition coefficient (Wildman–Crippen LogP) is 3.35. The van der Waals surface area contributed by atoms with Gasteiger partial charge < -0.3 is 14.8 Å². The van der Waals surface area contributed by atoms with Gasteiger partial charge in [-0.05, 0) is 18.6 Å². The number of nitrogens with one attached hydrogen (secondary N) is 1. The minimum absolute atomic E-state index is 0.163. The number of para-hydroxylation sites is 2. The van der Waals surface area contributed by atoms with E-state index >= 15 is 0 Å². The highest BCUT2D eigenvalue weighted by Crippen LogP contribution is 2.33. The Labute approximate surface area is 120 Å². The lowest BCUT2D eigenvalue weighted by atomic mass is 9.86. The zero-order valence-electron chi connectivity index (χ0n) is 12.2. The summed E-state index contributed by atoms with van der Waals surface area (Å²) in [6, 6.07) is 10.2. The first-order chi connectivity index (χ1) is 9.73. The van der Waals surface area contributed by atoms with E-state index in [9.17, 15) is 5.26 Å². The molecule has 20 heavy (non-hydrogen) atoms. The maximum Gasteiger partial charge on any atom is 0.141 e. The maximum absolute atomic E-state index is 9.64. The molecule has 1 aromatic carbocycles. The molecule has 1 N–H and O–H groups in total. The third-order valence-corrected chi connectivity index (χ3v) is 3.76. The van der Waals surface area contributed by atoms with Gasteiger partial charge in [-0.3, -0.25) is 0 Å². The SMILES string of the molecule is CCCC1CC(C#N)(Nc2ccccc2OC)CCO1. The summed E-state index contributed by atoms with van der Waals surface area (Å²) < 4.78 is 11.1. The molecule has 4 heteroatoms. The van der Waals surface area contributed by atoms with E-state index in [0.717, 1.165) is 30.7 Å². The molecule has 0 aromatic heterocycles. The van der Waals surface area contributed by atoms with Crippen molar-refractivity contribution in [1.82, 2.24) is 0 Å². The number of nitrogens with zero attached hydrogens (tertiary/aromatic N) is 1. The van der Waals surface area contributed by atoms with E-state index in [1.165, 1.54) is 0 Å². The molecule has 1 aliphatic heterocycles. The van der Waals surface area contributed by atoms with Crippen LogP contribution in [0.1, 0.15) is 32.6 Å². The number of hydrogen-bond acceptors (Lipinski definition) is 4. The van der Waals surface area contributed by atoms with Crippen LogP contribution < -0.4 is 10.1 Å². The van der Waals surface area contributed by atoms with Crippen LogP contribution in [0.15, 0.2) is 24.3 Å². The molecule has 0 saturated carbocycles. The van der Waals surface area contributed by atoms with E-state index in [2.05, 4.69) is 18.3 Å².